The van der Waals surface area contributed by atoms with Crippen LogP contribution in [-0.4, -0.2) is 60.8 Å². The van der Waals surface area contributed by atoms with Crippen molar-refractivity contribution in [1.82, 2.24) is 20.0 Å². The van der Waals surface area contributed by atoms with Crippen LogP contribution in [0.1, 0.15) is 10.4 Å². The first-order valence-corrected chi connectivity index (χ1v) is 8.56. The second-order valence-electron chi connectivity index (χ2n) is 6.11. The summed E-state index contributed by atoms with van der Waals surface area (Å²) < 4.78 is 6.61. The number of ether oxygens (including phenoxy) is 1. The molecular formula is C17H23ClN6O3. The van der Waals surface area contributed by atoms with Gasteiger partial charge in [0.2, 0.25) is 5.91 Å². The van der Waals surface area contributed by atoms with Crippen LogP contribution in [0.3, 0.4) is 0 Å². The summed E-state index contributed by atoms with van der Waals surface area (Å²) >= 11 is 5.99. The van der Waals surface area contributed by atoms with Crippen LogP contribution in [0.4, 0.5) is 11.4 Å². The molecule has 0 aliphatic heterocycles. The average molecular weight is 395 g/mol. The zero-order valence-electron chi connectivity index (χ0n) is 15.5. The minimum atomic E-state index is -0.427. The van der Waals surface area contributed by atoms with Crippen LogP contribution >= 0.6 is 11.6 Å². The number of halogens is 1. The maximum atomic E-state index is 12.5. The molecule has 9 nitrogen and oxygen atoms in total. The van der Waals surface area contributed by atoms with E-state index in [9.17, 15) is 9.59 Å². The van der Waals surface area contributed by atoms with Crippen molar-refractivity contribution in [3.63, 3.8) is 0 Å². The van der Waals surface area contributed by atoms with Crippen molar-refractivity contribution >= 4 is 34.8 Å². The van der Waals surface area contributed by atoms with Gasteiger partial charge in [-0.1, -0.05) is 11.6 Å². The van der Waals surface area contributed by atoms with E-state index in [0.717, 1.165) is 6.54 Å². The Morgan fingerprint density at radius 3 is 2.78 bits per heavy atom. The lowest BCUT2D eigenvalue weighted by Gasteiger charge is -2.10. The van der Waals surface area contributed by atoms with Gasteiger partial charge in [-0.3, -0.25) is 14.3 Å². The molecule has 10 heteroatoms. The third-order valence-electron chi connectivity index (χ3n) is 3.64. The first kappa shape index (κ1) is 20.5. The van der Waals surface area contributed by atoms with Crippen molar-refractivity contribution in [2.45, 2.75) is 6.54 Å². The summed E-state index contributed by atoms with van der Waals surface area (Å²) in [4.78, 5) is 26.3. The number of carbonyl (C=O) groups excluding carboxylic acids is 2. The number of nitrogens with zero attached hydrogens (tertiary/aromatic N) is 3. The van der Waals surface area contributed by atoms with Gasteiger partial charge in [0, 0.05) is 25.4 Å². The molecule has 0 unspecified atom stereocenters. The molecular weight excluding hydrogens is 372 g/mol. The number of nitrogens with one attached hydrogen (secondary N) is 2. The molecule has 2 amide bonds. The normalized spacial score (nSPS) is 10.7. The van der Waals surface area contributed by atoms with Gasteiger partial charge in [0.15, 0.2) is 0 Å². The van der Waals surface area contributed by atoms with Gasteiger partial charge >= 0.3 is 0 Å². The molecule has 0 saturated heterocycles. The number of hydrogen-bond donors (Lipinski definition) is 3. The summed E-state index contributed by atoms with van der Waals surface area (Å²) in [6.07, 6.45) is 3.02. The summed E-state index contributed by atoms with van der Waals surface area (Å²) in [7, 11) is 5.29. The molecule has 1 aromatic carbocycles. The van der Waals surface area contributed by atoms with Crippen molar-refractivity contribution in [3.8, 4) is 5.75 Å². The second kappa shape index (κ2) is 9.24. The van der Waals surface area contributed by atoms with Gasteiger partial charge in [-0.2, -0.15) is 5.10 Å². The fourth-order valence-electron chi connectivity index (χ4n) is 2.25. The lowest BCUT2D eigenvalue weighted by Crippen LogP contribution is -2.33. The SMILES string of the molecule is COc1cc(N)c(Cl)cc1C(=O)Nc1cnn(CC(=O)NCCN(C)C)c1. The first-order chi connectivity index (χ1) is 12.8. The van der Waals surface area contributed by atoms with E-state index in [-0.39, 0.29) is 23.0 Å². The summed E-state index contributed by atoms with van der Waals surface area (Å²) in [5, 5.41) is 9.81. The molecule has 0 atom stereocenters. The Morgan fingerprint density at radius 2 is 2.11 bits per heavy atom. The molecule has 4 N–H and O–H groups in total. The van der Waals surface area contributed by atoms with Crippen LogP contribution in [0, 0.1) is 0 Å². The van der Waals surface area contributed by atoms with Gasteiger partial charge < -0.3 is 26.0 Å². The predicted octanol–water partition coefficient (Wildman–Crippen LogP) is 1.06. The smallest absolute Gasteiger partial charge is 0.259 e. The van der Waals surface area contributed by atoms with Crippen molar-refractivity contribution < 1.29 is 14.3 Å². The molecule has 1 aromatic heterocycles. The average Bonchev–Trinajstić information content (AvgIpc) is 3.03. The molecule has 0 spiro atoms. The minimum absolute atomic E-state index is 0.0559. The minimum Gasteiger partial charge on any atom is -0.496 e. The van der Waals surface area contributed by atoms with Gasteiger partial charge in [0.1, 0.15) is 12.3 Å². The van der Waals surface area contributed by atoms with E-state index in [0.29, 0.717) is 23.7 Å². The van der Waals surface area contributed by atoms with E-state index < -0.39 is 5.91 Å². The number of carbonyl (C=O) groups is 2. The van der Waals surface area contributed by atoms with Gasteiger partial charge in [-0.15, -0.1) is 0 Å². The number of likely N-dealkylation sites (N-methyl/N-ethyl adjacent to an activating group) is 1. The Balaban J connectivity index is 1.98. The van der Waals surface area contributed by atoms with Crippen LogP contribution in [-0.2, 0) is 11.3 Å². The fourth-order valence-corrected chi connectivity index (χ4v) is 2.41. The van der Waals surface area contributed by atoms with Crippen molar-refractivity contribution in [1.29, 1.82) is 0 Å². The summed E-state index contributed by atoms with van der Waals surface area (Å²) in [5.74, 6) is -0.282. The van der Waals surface area contributed by atoms with E-state index in [2.05, 4.69) is 15.7 Å². The number of benzene rings is 1. The quantitative estimate of drug-likeness (QED) is 0.577. The number of rotatable bonds is 8. The molecule has 2 aromatic rings. The number of amides is 2. The Labute approximate surface area is 162 Å². The maximum absolute atomic E-state index is 12.5. The van der Waals surface area contributed by atoms with E-state index in [1.54, 1.807) is 6.20 Å². The fraction of sp³-hybridized carbons (Fsp3) is 0.353. The third kappa shape index (κ3) is 5.87. The lowest BCUT2D eigenvalue weighted by atomic mass is 10.1. The summed E-state index contributed by atoms with van der Waals surface area (Å²) in [6, 6.07) is 2.92. The Bertz CT molecular complexity index is 821. The van der Waals surface area contributed by atoms with E-state index in [1.807, 2.05) is 19.0 Å². The molecule has 27 heavy (non-hydrogen) atoms. The third-order valence-corrected chi connectivity index (χ3v) is 3.97. The monoisotopic (exact) mass is 394 g/mol. The standard InChI is InChI=1S/C17H23ClN6O3/c1-23(2)5-4-20-16(25)10-24-9-11(8-21-24)22-17(26)12-6-13(18)14(19)7-15(12)27-3/h6-9H,4-5,10,19H2,1-3H3,(H,20,25)(H,22,26). The lowest BCUT2D eigenvalue weighted by molar-refractivity contribution is -0.121. The van der Waals surface area contributed by atoms with Gasteiger partial charge in [-0.05, 0) is 20.2 Å². The zero-order valence-corrected chi connectivity index (χ0v) is 16.2. The van der Waals surface area contributed by atoms with E-state index in [1.165, 1.54) is 30.1 Å². The highest BCUT2D eigenvalue weighted by atomic mass is 35.5. The predicted molar refractivity (Wildman–Crippen MR) is 104 cm³/mol. The van der Waals surface area contributed by atoms with Crippen molar-refractivity contribution in [2.75, 3.05) is 45.3 Å². The molecule has 0 fully saturated rings. The maximum Gasteiger partial charge on any atom is 0.259 e. The number of methoxy groups -OCH3 is 1. The Hall–Kier alpha value is -2.78. The molecule has 0 bridgehead atoms. The molecule has 146 valence electrons. The number of nitrogen functional groups attached to an aromatic ring is 1. The van der Waals surface area contributed by atoms with Crippen LogP contribution in [0.25, 0.3) is 0 Å². The second-order valence-corrected chi connectivity index (χ2v) is 6.52. The number of nitrogens with two attached hydrogens (primary N) is 1. The first-order valence-electron chi connectivity index (χ1n) is 8.18. The highest BCUT2D eigenvalue weighted by Crippen LogP contribution is 2.29. The molecule has 0 saturated carbocycles. The van der Waals surface area contributed by atoms with Crippen LogP contribution in [0.15, 0.2) is 24.5 Å². The largest absolute Gasteiger partial charge is 0.496 e. The van der Waals surface area contributed by atoms with E-state index >= 15 is 0 Å². The van der Waals surface area contributed by atoms with Crippen LogP contribution < -0.4 is 21.1 Å². The highest BCUT2D eigenvalue weighted by Gasteiger charge is 2.16. The number of hydrogen-bond acceptors (Lipinski definition) is 6. The van der Waals surface area contributed by atoms with Gasteiger partial charge in [-0.25, -0.2) is 0 Å². The summed E-state index contributed by atoms with van der Waals surface area (Å²) in [5.41, 5.74) is 6.72. The van der Waals surface area contributed by atoms with Crippen molar-refractivity contribution in [2.24, 2.45) is 0 Å². The Kier molecular flexibility index (Phi) is 7.03. The van der Waals surface area contributed by atoms with E-state index in [4.69, 9.17) is 22.1 Å². The van der Waals surface area contributed by atoms with Crippen LogP contribution in [0.5, 0.6) is 5.75 Å². The van der Waals surface area contributed by atoms with Gasteiger partial charge in [0.25, 0.3) is 5.91 Å². The Morgan fingerprint density at radius 1 is 1.37 bits per heavy atom. The topological polar surface area (TPSA) is 115 Å². The van der Waals surface area contributed by atoms with Crippen LogP contribution in [0.2, 0.25) is 5.02 Å². The zero-order chi connectivity index (χ0) is 20.0. The molecule has 2 rings (SSSR count). The summed E-state index contributed by atoms with van der Waals surface area (Å²) in [6.45, 7) is 1.35. The highest BCUT2D eigenvalue weighted by molar-refractivity contribution is 6.33. The molecule has 0 aliphatic carbocycles. The molecule has 0 aliphatic rings. The molecule has 0 radical (unpaired) electrons. The van der Waals surface area contributed by atoms with Gasteiger partial charge in [0.05, 0.1) is 35.3 Å². The van der Waals surface area contributed by atoms with Crippen molar-refractivity contribution in [3.05, 3.63) is 35.1 Å². The molecule has 1 heterocycles. The number of aromatic nitrogens is 2. The number of anilines is 2.